The number of rotatable bonds is 11. The molecule has 0 unspecified atom stereocenters. The Balaban J connectivity index is 2.03. The molecule has 2 amide bonds. The number of likely N-dealkylation sites (N-methyl/N-ethyl adjacent to an activating group) is 1. The van der Waals surface area contributed by atoms with Crippen molar-refractivity contribution in [1.82, 2.24) is 30.0 Å². The Morgan fingerprint density at radius 1 is 1.25 bits per heavy atom. The maximum atomic E-state index is 12.0. The standard InChI is InChI=1S/C18H26N6O3S/c1-4-27-11-5-10-24-17(14-6-8-19-9-7-14)21-22-18(24)28-13-15(25)20-12-16(26)23(2)3/h6-9H,4-5,10-13H2,1-3H3,(H,20,25). The number of thioether (sulfide) groups is 1. The summed E-state index contributed by atoms with van der Waals surface area (Å²) in [5.41, 5.74) is 0.909. The van der Waals surface area contributed by atoms with Crippen molar-refractivity contribution < 1.29 is 14.3 Å². The topological polar surface area (TPSA) is 102 Å². The number of carbonyl (C=O) groups excluding carboxylic acids is 2. The summed E-state index contributed by atoms with van der Waals surface area (Å²) >= 11 is 1.29. The lowest BCUT2D eigenvalue weighted by Crippen LogP contribution is -2.37. The summed E-state index contributed by atoms with van der Waals surface area (Å²) in [5, 5.41) is 11.8. The average molecular weight is 407 g/mol. The van der Waals surface area contributed by atoms with Crippen molar-refractivity contribution in [1.29, 1.82) is 0 Å². The molecule has 0 saturated carbocycles. The van der Waals surface area contributed by atoms with Crippen LogP contribution in [0.1, 0.15) is 13.3 Å². The predicted molar refractivity (Wildman–Crippen MR) is 107 cm³/mol. The number of nitrogens with one attached hydrogen (secondary N) is 1. The smallest absolute Gasteiger partial charge is 0.241 e. The molecular weight excluding hydrogens is 380 g/mol. The van der Waals surface area contributed by atoms with Crippen LogP contribution in [0.3, 0.4) is 0 Å². The van der Waals surface area contributed by atoms with E-state index in [2.05, 4.69) is 20.5 Å². The fraction of sp³-hybridized carbons (Fsp3) is 0.500. The molecule has 0 spiro atoms. The van der Waals surface area contributed by atoms with Crippen molar-refractivity contribution in [2.75, 3.05) is 39.6 Å². The van der Waals surface area contributed by atoms with E-state index in [0.29, 0.717) is 24.9 Å². The number of pyridine rings is 1. The van der Waals surface area contributed by atoms with E-state index in [9.17, 15) is 9.59 Å². The Hall–Kier alpha value is -2.46. The number of carbonyl (C=O) groups is 2. The molecule has 9 nitrogen and oxygen atoms in total. The Bertz CT molecular complexity index is 766. The van der Waals surface area contributed by atoms with Crippen LogP contribution < -0.4 is 5.32 Å². The number of ether oxygens (including phenoxy) is 1. The molecule has 2 aromatic rings. The Morgan fingerprint density at radius 3 is 2.68 bits per heavy atom. The van der Waals surface area contributed by atoms with Gasteiger partial charge in [0, 0.05) is 51.8 Å². The molecule has 0 saturated heterocycles. The lowest BCUT2D eigenvalue weighted by Gasteiger charge is -2.11. The molecule has 28 heavy (non-hydrogen) atoms. The third kappa shape index (κ3) is 6.61. The van der Waals surface area contributed by atoms with E-state index >= 15 is 0 Å². The molecule has 0 fully saturated rings. The van der Waals surface area contributed by atoms with Gasteiger partial charge in [-0.1, -0.05) is 11.8 Å². The molecule has 0 atom stereocenters. The lowest BCUT2D eigenvalue weighted by molar-refractivity contribution is -0.130. The van der Waals surface area contributed by atoms with Gasteiger partial charge in [0.1, 0.15) is 0 Å². The van der Waals surface area contributed by atoms with Crippen LogP contribution in [0.15, 0.2) is 29.7 Å². The highest BCUT2D eigenvalue weighted by Gasteiger charge is 2.16. The maximum Gasteiger partial charge on any atom is 0.241 e. The minimum Gasteiger partial charge on any atom is -0.382 e. The van der Waals surface area contributed by atoms with Crippen LogP contribution in [0.5, 0.6) is 0 Å². The van der Waals surface area contributed by atoms with Crippen molar-refractivity contribution in [3.63, 3.8) is 0 Å². The van der Waals surface area contributed by atoms with Gasteiger partial charge in [0.2, 0.25) is 11.8 Å². The number of aromatic nitrogens is 4. The van der Waals surface area contributed by atoms with Crippen molar-refractivity contribution in [2.45, 2.75) is 25.0 Å². The van der Waals surface area contributed by atoms with E-state index in [1.165, 1.54) is 16.7 Å². The molecule has 0 bridgehead atoms. The molecule has 10 heteroatoms. The molecular formula is C18H26N6O3S. The van der Waals surface area contributed by atoms with Gasteiger partial charge in [-0.25, -0.2) is 0 Å². The molecule has 2 aromatic heterocycles. The summed E-state index contributed by atoms with van der Waals surface area (Å²) in [5.74, 6) is 0.497. The van der Waals surface area contributed by atoms with Crippen LogP contribution in [0.25, 0.3) is 11.4 Å². The molecule has 2 heterocycles. The van der Waals surface area contributed by atoms with E-state index in [4.69, 9.17) is 4.74 Å². The molecule has 0 radical (unpaired) electrons. The van der Waals surface area contributed by atoms with Crippen molar-refractivity contribution in [3.8, 4) is 11.4 Å². The van der Waals surface area contributed by atoms with Gasteiger partial charge in [-0.05, 0) is 25.5 Å². The van der Waals surface area contributed by atoms with Gasteiger partial charge in [0.05, 0.1) is 12.3 Å². The summed E-state index contributed by atoms with van der Waals surface area (Å²) in [6.07, 6.45) is 4.22. The van der Waals surface area contributed by atoms with E-state index in [1.54, 1.807) is 26.5 Å². The van der Waals surface area contributed by atoms with Gasteiger partial charge in [-0.2, -0.15) is 0 Å². The van der Waals surface area contributed by atoms with Crippen LogP contribution in [0.4, 0.5) is 0 Å². The van der Waals surface area contributed by atoms with Gasteiger partial charge in [0.25, 0.3) is 0 Å². The van der Waals surface area contributed by atoms with Gasteiger partial charge >= 0.3 is 0 Å². The maximum absolute atomic E-state index is 12.0. The molecule has 0 aliphatic rings. The number of hydrogen-bond acceptors (Lipinski definition) is 7. The number of nitrogens with zero attached hydrogens (tertiary/aromatic N) is 5. The zero-order valence-electron chi connectivity index (χ0n) is 16.4. The summed E-state index contributed by atoms with van der Waals surface area (Å²) in [6.45, 7) is 3.93. The predicted octanol–water partition coefficient (Wildman–Crippen LogP) is 1.06. The Kier molecular flexibility index (Phi) is 8.89. The quantitative estimate of drug-likeness (QED) is 0.440. The third-order valence-corrected chi connectivity index (χ3v) is 4.76. The third-order valence-electron chi connectivity index (χ3n) is 3.80. The van der Waals surface area contributed by atoms with E-state index < -0.39 is 0 Å². The molecule has 152 valence electrons. The first-order valence-corrected chi connectivity index (χ1v) is 10.0. The summed E-state index contributed by atoms with van der Waals surface area (Å²) in [4.78, 5) is 29.1. The van der Waals surface area contributed by atoms with Crippen LogP contribution in [-0.2, 0) is 20.9 Å². The fourth-order valence-electron chi connectivity index (χ4n) is 2.29. The monoisotopic (exact) mass is 406 g/mol. The highest BCUT2D eigenvalue weighted by atomic mass is 32.2. The van der Waals surface area contributed by atoms with E-state index in [-0.39, 0.29) is 24.1 Å². The average Bonchev–Trinajstić information content (AvgIpc) is 3.11. The molecule has 0 aliphatic heterocycles. The zero-order valence-corrected chi connectivity index (χ0v) is 17.2. The summed E-state index contributed by atoms with van der Waals surface area (Å²) in [7, 11) is 3.29. The molecule has 0 aliphatic carbocycles. The minimum atomic E-state index is -0.227. The molecule has 0 aromatic carbocycles. The second-order valence-electron chi connectivity index (χ2n) is 6.10. The van der Waals surface area contributed by atoms with Crippen LogP contribution in [-0.4, -0.2) is 76.1 Å². The first-order valence-electron chi connectivity index (χ1n) is 9.04. The second-order valence-corrected chi connectivity index (χ2v) is 7.04. The number of amides is 2. The zero-order chi connectivity index (χ0) is 20.4. The summed E-state index contributed by atoms with van der Waals surface area (Å²) in [6, 6.07) is 3.74. The lowest BCUT2D eigenvalue weighted by atomic mass is 10.2. The van der Waals surface area contributed by atoms with Crippen molar-refractivity contribution in [2.24, 2.45) is 0 Å². The van der Waals surface area contributed by atoms with Crippen LogP contribution in [0, 0.1) is 0 Å². The van der Waals surface area contributed by atoms with Gasteiger partial charge in [-0.3, -0.25) is 14.6 Å². The van der Waals surface area contributed by atoms with Gasteiger partial charge in [-0.15, -0.1) is 10.2 Å². The van der Waals surface area contributed by atoms with Gasteiger partial charge in [0.15, 0.2) is 11.0 Å². The minimum absolute atomic E-state index is 0.0181. The fourth-order valence-corrected chi connectivity index (χ4v) is 3.09. The van der Waals surface area contributed by atoms with E-state index in [1.807, 2.05) is 23.6 Å². The largest absolute Gasteiger partial charge is 0.382 e. The van der Waals surface area contributed by atoms with Gasteiger partial charge < -0.3 is 19.5 Å². The van der Waals surface area contributed by atoms with Crippen LogP contribution >= 0.6 is 11.8 Å². The normalized spacial score (nSPS) is 10.7. The van der Waals surface area contributed by atoms with Crippen molar-refractivity contribution >= 4 is 23.6 Å². The molecule has 1 N–H and O–H groups in total. The van der Waals surface area contributed by atoms with Crippen molar-refractivity contribution in [3.05, 3.63) is 24.5 Å². The molecule has 2 rings (SSSR count). The Labute approximate surface area is 168 Å². The highest BCUT2D eigenvalue weighted by Crippen LogP contribution is 2.23. The first-order chi connectivity index (χ1) is 13.5. The second kappa shape index (κ2) is 11.4. The number of hydrogen-bond donors (Lipinski definition) is 1. The summed E-state index contributed by atoms with van der Waals surface area (Å²) < 4.78 is 7.40. The van der Waals surface area contributed by atoms with Crippen LogP contribution in [0.2, 0.25) is 0 Å². The highest BCUT2D eigenvalue weighted by molar-refractivity contribution is 7.99. The van der Waals surface area contributed by atoms with E-state index in [0.717, 1.165) is 17.8 Å². The Morgan fingerprint density at radius 2 is 2.00 bits per heavy atom. The first kappa shape index (κ1) is 21.8. The SMILES string of the molecule is CCOCCCn1c(SCC(=O)NCC(=O)N(C)C)nnc1-c1ccncc1.